The Kier molecular flexibility index (Phi) is 8.98. The summed E-state index contributed by atoms with van der Waals surface area (Å²) in [5, 5.41) is 0. The molecule has 2 aromatic rings. The minimum absolute atomic E-state index is 0.0381. The fraction of sp³-hybridized carbons (Fsp3) is 0.536. The molecule has 2 heterocycles. The molecular formula is C28H33F6N3O3S. The molecule has 226 valence electrons. The van der Waals surface area contributed by atoms with Crippen LogP contribution in [0.1, 0.15) is 66.1 Å². The average Bonchev–Trinajstić information content (AvgIpc) is 2.91. The molecule has 2 aliphatic rings. The van der Waals surface area contributed by atoms with E-state index in [1.807, 2.05) is 0 Å². The first-order valence-electron chi connectivity index (χ1n) is 13.3. The number of sulfone groups is 1. The van der Waals surface area contributed by atoms with E-state index < -0.39 is 57.5 Å². The number of carbonyl (C=O) groups is 1. The van der Waals surface area contributed by atoms with Gasteiger partial charge < -0.3 is 9.80 Å². The van der Waals surface area contributed by atoms with Crippen LogP contribution in [0.4, 0.5) is 31.1 Å². The third-order valence-corrected chi connectivity index (χ3v) is 9.84. The van der Waals surface area contributed by atoms with Crippen LogP contribution >= 0.6 is 0 Å². The van der Waals surface area contributed by atoms with Crippen LogP contribution in [0.25, 0.3) is 0 Å². The number of carbonyl (C=O) groups excluding carboxylic acids is 1. The first-order valence-corrected chi connectivity index (χ1v) is 15.1. The van der Waals surface area contributed by atoms with E-state index in [0.29, 0.717) is 43.1 Å². The van der Waals surface area contributed by atoms with Crippen molar-refractivity contribution in [1.82, 2.24) is 14.7 Å². The number of halogens is 6. The summed E-state index contributed by atoms with van der Waals surface area (Å²) < 4.78 is 105. The molecule has 41 heavy (non-hydrogen) atoms. The molecule has 0 bridgehead atoms. The van der Waals surface area contributed by atoms with Gasteiger partial charge in [0.05, 0.1) is 29.2 Å². The number of likely N-dealkylation sites (tertiary alicyclic amines) is 1. The lowest BCUT2D eigenvalue weighted by Gasteiger charge is -2.46. The first kappa shape index (κ1) is 31.1. The van der Waals surface area contributed by atoms with Crippen LogP contribution < -0.4 is 0 Å². The molecule has 0 unspecified atom stereocenters. The molecule has 0 saturated carbocycles. The molecule has 2 amide bonds. The van der Waals surface area contributed by atoms with Crippen LogP contribution in [0.3, 0.4) is 0 Å². The van der Waals surface area contributed by atoms with Crippen LogP contribution in [0.5, 0.6) is 0 Å². The second kappa shape index (κ2) is 11.8. The van der Waals surface area contributed by atoms with Crippen molar-refractivity contribution in [2.45, 2.75) is 57.4 Å². The summed E-state index contributed by atoms with van der Waals surface area (Å²) in [6.45, 7) is 4.20. The number of aryl methyl sites for hydroxylation is 1. The van der Waals surface area contributed by atoms with Gasteiger partial charge in [0, 0.05) is 38.3 Å². The molecule has 13 heteroatoms. The quantitative estimate of drug-likeness (QED) is 0.385. The highest BCUT2D eigenvalue weighted by Gasteiger charge is 2.39. The second-order valence-corrected chi connectivity index (χ2v) is 13.1. The number of rotatable bonds is 5. The van der Waals surface area contributed by atoms with Crippen molar-refractivity contribution in [2.75, 3.05) is 38.2 Å². The number of piperidine rings is 1. The van der Waals surface area contributed by atoms with Gasteiger partial charge >= 0.3 is 12.2 Å². The molecule has 4 rings (SSSR count). The predicted octanol–water partition coefficient (Wildman–Crippen LogP) is 6.14. The Morgan fingerprint density at radius 2 is 1.66 bits per heavy atom. The Morgan fingerprint density at radius 3 is 2.24 bits per heavy atom. The summed E-state index contributed by atoms with van der Waals surface area (Å²) in [6, 6.07) is 4.38. The zero-order chi connectivity index (χ0) is 30.3. The Labute approximate surface area is 235 Å². The molecular weight excluding hydrogens is 572 g/mol. The Bertz CT molecular complexity index is 1370. The predicted molar refractivity (Wildman–Crippen MR) is 142 cm³/mol. The third-order valence-electron chi connectivity index (χ3n) is 8.23. The molecule has 6 nitrogen and oxygen atoms in total. The minimum Gasteiger partial charge on any atom is -0.321 e. The zero-order valence-corrected chi connectivity index (χ0v) is 23.8. The minimum atomic E-state index is -4.84. The summed E-state index contributed by atoms with van der Waals surface area (Å²) in [4.78, 5) is 18.8. The van der Waals surface area contributed by atoms with E-state index in [-0.39, 0.29) is 29.7 Å². The van der Waals surface area contributed by atoms with Crippen LogP contribution in [0.15, 0.2) is 36.4 Å². The number of hydrogen-bond acceptors (Lipinski definition) is 4. The molecule has 2 saturated heterocycles. The number of amides is 2. The largest absolute Gasteiger partial charge is 0.416 e. The fourth-order valence-electron chi connectivity index (χ4n) is 5.71. The van der Waals surface area contributed by atoms with Gasteiger partial charge in [0.1, 0.15) is 5.82 Å². The van der Waals surface area contributed by atoms with Gasteiger partial charge in [-0.05, 0) is 73.7 Å². The maximum Gasteiger partial charge on any atom is 0.416 e. The standard InChI is InChI=1S/C28H33F6N3O3S/c1-17-12-22(29)4-5-24(17)25-16-23(36-8-10-41(39,40)11-9-36)6-7-37(25)27(38)35(3)18(2)19-13-20(26(30)31)15-21(14-19)28(32,33)34/h4-5,12-15,18,23,25-26H,6-11,16H2,1-3H3/t18-,23+,25-/m1/s1. The summed E-state index contributed by atoms with van der Waals surface area (Å²) in [6.07, 6.45) is -6.99. The Balaban J connectivity index is 1.63. The molecule has 3 atom stereocenters. The van der Waals surface area contributed by atoms with Crippen molar-refractivity contribution in [3.63, 3.8) is 0 Å². The van der Waals surface area contributed by atoms with E-state index in [0.717, 1.165) is 12.1 Å². The highest BCUT2D eigenvalue weighted by molar-refractivity contribution is 7.91. The van der Waals surface area contributed by atoms with Crippen LogP contribution in [0.2, 0.25) is 0 Å². The fourth-order valence-corrected chi connectivity index (χ4v) is 6.94. The van der Waals surface area contributed by atoms with Gasteiger partial charge in [-0.2, -0.15) is 13.2 Å². The smallest absolute Gasteiger partial charge is 0.321 e. The topological polar surface area (TPSA) is 60.9 Å². The first-order chi connectivity index (χ1) is 19.1. The molecule has 0 spiro atoms. The van der Waals surface area contributed by atoms with E-state index in [4.69, 9.17) is 0 Å². The van der Waals surface area contributed by atoms with Gasteiger partial charge in [-0.1, -0.05) is 6.07 Å². The van der Waals surface area contributed by atoms with Gasteiger partial charge in [0.25, 0.3) is 6.43 Å². The van der Waals surface area contributed by atoms with Crippen LogP contribution in [0, 0.1) is 12.7 Å². The third kappa shape index (κ3) is 6.99. The highest BCUT2D eigenvalue weighted by Crippen LogP contribution is 2.39. The molecule has 0 aliphatic carbocycles. The number of alkyl halides is 5. The van der Waals surface area contributed by atoms with Gasteiger partial charge in [-0.15, -0.1) is 0 Å². The summed E-state index contributed by atoms with van der Waals surface area (Å²) in [7, 11) is -1.69. The summed E-state index contributed by atoms with van der Waals surface area (Å²) in [5.41, 5.74) is -0.766. The SMILES string of the molecule is Cc1cc(F)ccc1[C@H]1C[C@@H](N2CCS(=O)(=O)CC2)CCN1C(=O)N(C)[C@H](C)c1cc(C(F)F)cc(C(F)(F)F)c1. The van der Waals surface area contributed by atoms with Crippen molar-refractivity contribution in [2.24, 2.45) is 0 Å². The molecule has 2 fully saturated rings. The lowest BCUT2D eigenvalue weighted by atomic mass is 9.88. The number of urea groups is 1. The van der Waals surface area contributed by atoms with Gasteiger partial charge in [-0.3, -0.25) is 4.90 Å². The second-order valence-electron chi connectivity index (χ2n) is 10.8. The Morgan fingerprint density at radius 1 is 1.02 bits per heavy atom. The normalized spacial score (nSPS) is 22.5. The van der Waals surface area contributed by atoms with Crippen molar-refractivity contribution < 1.29 is 39.6 Å². The van der Waals surface area contributed by atoms with E-state index in [1.165, 1.54) is 31.0 Å². The highest BCUT2D eigenvalue weighted by atomic mass is 32.2. The van der Waals surface area contributed by atoms with E-state index in [2.05, 4.69) is 4.90 Å². The van der Waals surface area contributed by atoms with Crippen LogP contribution in [-0.4, -0.2) is 73.4 Å². The zero-order valence-electron chi connectivity index (χ0n) is 23.0. The molecule has 0 radical (unpaired) electrons. The Hall–Kier alpha value is -2.80. The van der Waals surface area contributed by atoms with E-state index >= 15 is 0 Å². The molecule has 0 N–H and O–H groups in total. The maximum atomic E-state index is 14.0. The number of benzene rings is 2. The van der Waals surface area contributed by atoms with Gasteiger partial charge in [0.15, 0.2) is 9.84 Å². The van der Waals surface area contributed by atoms with Crippen molar-refractivity contribution >= 4 is 15.9 Å². The van der Waals surface area contributed by atoms with Crippen LogP contribution in [-0.2, 0) is 16.0 Å². The van der Waals surface area contributed by atoms with E-state index in [9.17, 15) is 39.6 Å². The monoisotopic (exact) mass is 605 g/mol. The molecule has 2 aliphatic heterocycles. The lowest BCUT2D eigenvalue weighted by molar-refractivity contribution is -0.137. The summed E-state index contributed by atoms with van der Waals surface area (Å²) >= 11 is 0. The lowest BCUT2D eigenvalue weighted by Crippen LogP contribution is -2.54. The summed E-state index contributed by atoms with van der Waals surface area (Å²) in [5.74, 6) is -0.350. The van der Waals surface area contributed by atoms with Crippen molar-refractivity contribution in [3.8, 4) is 0 Å². The van der Waals surface area contributed by atoms with Crippen molar-refractivity contribution in [1.29, 1.82) is 0 Å². The molecule has 0 aromatic heterocycles. The van der Waals surface area contributed by atoms with Gasteiger partial charge in [0.2, 0.25) is 0 Å². The maximum absolute atomic E-state index is 14.0. The number of nitrogens with zero attached hydrogens (tertiary/aromatic N) is 3. The average molecular weight is 606 g/mol. The molecule has 2 aromatic carbocycles. The van der Waals surface area contributed by atoms with Crippen molar-refractivity contribution in [3.05, 3.63) is 70.0 Å². The van der Waals surface area contributed by atoms with Gasteiger partial charge in [-0.25, -0.2) is 26.4 Å². The van der Waals surface area contributed by atoms with E-state index in [1.54, 1.807) is 17.9 Å². The number of hydrogen-bond donors (Lipinski definition) is 0.